The van der Waals surface area contributed by atoms with Crippen molar-refractivity contribution in [2.24, 2.45) is 35.0 Å². The number of carbonyl (C=O) groups is 15. The lowest BCUT2D eigenvalue weighted by molar-refractivity contribution is -0.147. The third-order valence-corrected chi connectivity index (χ3v) is 14.6. The molecule has 87 heavy (non-hydrogen) atoms. The fraction of sp³-hybridized carbons (Fsp3) is 0.727. The number of carboxylic acid groups (broad SMARTS) is 3. The zero-order valence-electron chi connectivity index (χ0n) is 51.1. The summed E-state index contributed by atoms with van der Waals surface area (Å²) in [5.41, 5.74) is 16.5. The number of hydrogen-bond donors (Lipinski definition) is 15. The molecule has 12 amide bonds. The number of hydrogen-bond acceptors (Lipinski definition) is 17. The van der Waals surface area contributed by atoms with E-state index in [1.54, 1.807) is 41.5 Å². The van der Waals surface area contributed by atoms with Crippen LogP contribution in [0.25, 0.3) is 0 Å². The molecular weight excluding hydrogens is 1140 g/mol. The largest absolute Gasteiger partial charge is 0.481 e. The molecule has 0 bridgehead atoms. The standard InChI is InChI=1S/C55H92N14O18/c1-26(2)24-35(49(80)66-42(27(3)4)52(83)62-32(14-10-11-21-56)47(78)61-33(17-19-39(58)70)48(79)65-36(55(86)87)25-41(73)74)64-50(81)37-15-13-23-69(37)54(85)43(28(5)6)67-51(82)38-16-12-22-68(38)53(84)34(18-20-40(71)72)63-46(77)31(9)60-45(76)30(8)59-44(75)29(7)57/h26-38,42-43H,10-25,56-57H2,1-9H3,(H2,58,70)(H,59,75)(H,60,76)(H,61,78)(H,62,83)(H,63,77)(H,64,81)(H,65,79)(H,66,80)(H,67,82)(H,71,72)(H,73,74)(H,86,87)/t29-,30-,31-,32-,33-,34-,35-,36-,37-,38-,42-,43-/m0/s1. The van der Waals surface area contributed by atoms with Crippen LogP contribution >= 0.6 is 0 Å². The number of nitrogens with zero attached hydrogens (tertiary/aromatic N) is 2. The molecule has 2 aliphatic heterocycles. The van der Waals surface area contributed by atoms with E-state index >= 15 is 0 Å². The second-order valence-electron chi connectivity index (χ2n) is 23.2. The van der Waals surface area contributed by atoms with Crippen LogP contribution in [0.1, 0.15) is 146 Å². The number of carbonyl (C=O) groups excluding carboxylic acids is 12. The van der Waals surface area contributed by atoms with E-state index < -0.39 is 205 Å². The van der Waals surface area contributed by atoms with Crippen LogP contribution in [0.3, 0.4) is 0 Å². The van der Waals surface area contributed by atoms with Crippen molar-refractivity contribution in [1.29, 1.82) is 0 Å². The molecule has 0 spiro atoms. The highest BCUT2D eigenvalue weighted by molar-refractivity contribution is 6.00. The van der Waals surface area contributed by atoms with Gasteiger partial charge in [-0.3, -0.25) is 67.1 Å². The molecule has 0 aromatic heterocycles. The minimum atomic E-state index is -1.91. The van der Waals surface area contributed by atoms with Gasteiger partial charge < -0.3 is 90.2 Å². The quantitative estimate of drug-likeness (QED) is 0.0263. The van der Waals surface area contributed by atoms with E-state index in [1.165, 1.54) is 30.6 Å². The summed E-state index contributed by atoms with van der Waals surface area (Å²) in [6.45, 7) is 14.4. The fourth-order valence-corrected chi connectivity index (χ4v) is 9.64. The van der Waals surface area contributed by atoms with Crippen LogP contribution in [0.5, 0.6) is 0 Å². The fourth-order valence-electron chi connectivity index (χ4n) is 9.64. The molecule has 2 saturated heterocycles. The molecule has 2 rings (SSSR count). The predicted molar refractivity (Wildman–Crippen MR) is 309 cm³/mol. The van der Waals surface area contributed by atoms with Gasteiger partial charge >= 0.3 is 17.9 Å². The summed E-state index contributed by atoms with van der Waals surface area (Å²) >= 11 is 0. The van der Waals surface area contributed by atoms with Gasteiger partial charge in [0.1, 0.15) is 66.5 Å². The third kappa shape index (κ3) is 24.7. The molecule has 12 atom stereocenters. The van der Waals surface area contributed by atoms with Crippen LogP contribution in [0.2, 0.25) is 0 Å². The summed E-state index contributed by atoms with van der Waals surface area (Å²) in [6, 6.07) is -15.9. The summed E-state index contributed by atoms with van der Waals surface area (Å²) in [5, 5.41) is 50.7. The van der Waals surface area contributed by atoms with Crippen LogP contribution in [-0.2, 0) is 71.9 Å². The molecule has 0 aromatic rings. The van der Waals surface area contributed by atoms with Crippen molar-refractivity contribution < 1.29 is 87.2 Å². The smallest absolute Gasteiger partial charge is 0.326 e. The lowest BCUT2D eigenvalue weighted by atomic mass is 9.98. The lowest BCUT2D eigenvalue weighted by Gasteiger charge is -2.33. The van der Waals surface area contributed by atoms with Gasteiger partial charge in [0.05, 0.1) is 12.5 Å². The van der Waals surface area contributed by atoms with E-state index in [0.29, 0.717) is 19.3 Å². The van der Waals surface area contributed by atoms with E-state index in [9.17, 15) is 82.1 Å². The number of nitrogens with one attached hydrogen (secondary N) is 9. The number of likely N-dealkylation sites (tertiary alicyclic amines) is 2. The highest BCUT2D eigenvalue weighted by Gasteiger charge is 2.44. The molecule has 0 radical (unpaired) electrons. The topological polar surface area (TPSA) is 510 Å². The Kier molecular flexibility index (Phi) is 31.2. The van der Waals surface area contributed by atoms with Crippen molar-refractivity contribution in [3.05, 3.63) is 0 Å². The second kappa shape index (κ2) is 36.2. The van der Waals surface area contributed by atoms with Gasteiger partial charge in [-0.2, -0.15) is 0 Å². The summed E-state index contributed by atoms with van der Waals surface area (Å²) in [6.07, 6.45) is -1.28. The maximum Gasteiger partial charge on any atom is 0.326 e. The number of unbranched alkanes of at least 4 members (excludes halogenated alkanes) is 1. The van der Waals surface area contributed by atoms with Crippen LogP contribution in [0.4, 0.5) is 0 Å². The normalized spacial score (nSPS) is 18.2. The zero-order chi connectivity index (χ0) is 66.2. The van der Waals surface area contributed by atoms with Gasteiger partial charge in [-0.05, 0) is 109 Å². The van der Waals surface area contributed by atoms with E-state index in [1.807, 2.05) is 5.32 Å². The summed E-state index contributed by atoms with van der Waals surface area (Å²) in [5.74, 6) is -15.8. The van der Waals surface area contributed by atoms with E-state index in [4.69, 9.17) is 22.3 Å². The molecule has 18 N–H and O–H groups in total. The monoisotopic (exact) mass is 1240 g/mol. The number of primary amides is 1. The average Bonchev–Trinajstić information content (AvgIpc) is 3.06. The predicted octanol–water partition coefficient (Wildman–Crippen LogP) is -4.10. The first kappa shape index (κ1) is 75.1. The number of nitrogens with two attached hydrogens (primary N) is 3. The Labute approximate surface area is 505 Å². The summed E-state index contributed by atoms with van der Waals surface area (Å²) in [4.78, 5) is 200. The van der Waals surface area contributed by atoms with Crippen molar-refractivity contribution in [2.75, 3.05) is 19.6 Å². The van der Waals surface area contributed by atoms with E-state index in [0.717, 1.165) is 0 Å². The molecule has 32 nitrogen and oxygen atoms in total. The van der Waals surface area contributed by atoms with Crippen LogP contribution in [0, 0.1) is 17.8 Å². The molecule has 2 heterocycles. The molecule has 0 saturated carbocycles. The van der Waals surface area contributed by atoms with Gasteiger partial charge in [-0.15, -0.1) is 0 Å². The molecule has 2 aliphatic rings. The molecule has 490 valence electrons. The number of amides is 12. The SMILES string of the molecule is CC(C)C[C@H](NC(=O)[C@@H]1CCCN1C(=O)[C@@H](NC(=O)[C@@H]1CCCN1C(=O)[C@H](CCC(=O)O)NC(=O)[C@H](C)NC(=O)[C@H](C)NC(=O)[C@H](C)N)C(C)C)C(=O)N[C@H](C(=O)N[C@@H](CCCCN)C(=O)N[C@@H](CCC(N)=O)C(=O)N[C@@H](CC(=O)O)C(=O)O)C(C)C. The third-order valence-electron chi connectivity index (χ3n) is 14.6. The van der Waals surface area contributed by atoms with Crippen molar-refractivity contribution >= 4 is 88.8 Å². The van der Waals surface area contributed by atoms with Crippen LogP contribution in [-0.4, -0.2) is 206 Å². The Morgan fingerprint density at radius 1 is 0.471 bits per heavy atom. The zero-order valence-corrected chi connectivity index (χ0v) is 51.1. The van der Waals surface area contributed by atoms with Gasteiger partial charge in [-0.25, -0.2) is 4.79 Å². The van der Waals surface area contributed by atoms with Crippen LogP contribution in [0.15, 0.2) is 0 Å². The molecule has 32 heteroatoms. The van der Waals surface area contributed by atoms with Gasteiger partial charge in [0.2, 0.25) is 70.9 Å². The Morgan fingerprint density at radius 2 is 0.931 bits per heavy atom. The first-order valence-corrected chi connectivity index (χ1v) is 29.4. The van der Waals surface area contributed by atoms with Gasteiger partial charge in [-0.1, -0.05) is 41.5 Å². The summed E-state index contributed by atoms with van der Waals surface area (Å²) in [7, 11) is 0. The van der Waals surface area contributed by atoms with Crippen LogP contribution < -0.4 is 65.1 Å². The van der Waals surface area contributed by atoms with Gasteiger partial charge in [0, 0.05) is 25.9 Å². The number of rotatable bonds is 37. The Bertz CT molecular complexity index is 2490. The summed E-state index contributed by atoms with van der Waals surface area (Å²) < 4.78 is 0. The molecule has 0 unspecified atom stereocenters. The Morgan fingerprint density at radius 3 is 1.41 bits per heavy atom. The highest BCUT2D eigenvalue weighted by Crippen LogP contribution is 2.24. The molecule has 0 aliphatic carbocycles. The van der Waals surface area contributed by atoms with E-state index in [-0.39, 0.29) is 57.7 Å². The number of carboxylic acids is 3. The second-order valence-corrected chi connectivity index (χ2v) is 23.2. The Hall–Kier alpha value is -8.03. The molecular formula is C55H92N14O18. The van der Waals surface area contributed by atoms with Crippen molar-refractivity contribution in [3.8, 4) is 0 Å². The first-order chi connectivity index (χ1) is 40.6. The van der Waals surface area contributed by atoms with Crippen molar-refractivity contribution in [1.82, 2.24) is 57.7 Å². The van der Waals surface area contributed by atoms with Crippen molar-refractivity contribution in [3.63, 3.8) is 0 Å². The lowest BCUT2D eigenvalue weighted by Crippen LogP contribution is -2.61. The minimum absolute atomic E-state index is 0.0240. The molecule has 2 fully saturated rings. The van der Waals surface area contributed by atoms with E-state index in [2.05, 4.69) is 42.5 Å². The maximum absolute atomic E-state index is 14.5. The Balaban J connectivity index is 2.33. The first-order valence-electron chi connectivity index (χ1n) is 29.4. The molecule has 0 aromatic carbocycles. The minimum Gasteiger partial charge on any atom is -0.481 e. The average molecular weight is 1240 g/mol. The van der Waals surface area contributed by atoms with Crippen molar-refractivity contribution in [2.45, 2.75) is 218 Å². The number of aliphatic carboxylic acids is 3. The maximum atomic E-state index is 14.5. The van der Waals surface area contributed by atoms with Gasteiger partial charge in [0.15, 0.2) is 0 Å². The highest BCUT2D eigenvalue weighted by atomic mass is 16.4. The van der Waals surface area contributed by atoms with Gasteiger partial charge in [0.25, 0.3) is 0 Å².